The van der Waals surface area contributed by atoms with Crippen LogP contribution < -0.4 is 5.32 Å². The maximum Gasteiger partial charge on any atom is 0.106 e. The Bertz CT molecular complexity index is 459. The standard InChI is InChI=1S/C11H10BrClN2S/c12-9-2-1-8(10(13)5-9)6-14-7-11-15-3-4-16-11/h1-5,14H,6-7H2. The number of hydrogen-bond acceptors (Lipinski definition) is 3. The van der Waals surface area contributed by atoms with Crippen molar-refractivity contribution in [3.63, 3.8) is 0 Å². The molecule has 0 aliphatic heterocycles. The van der Waals surface area contributed by atoms with Gasteiger partial charge in [0.05, 0.1) is 0 Å². The van der Waals surface area contributed by atoms with E-state index in [2.05, 4.69) is 26.2 Å². The Kier molecular flexibility index (Phi) is 4.35. The Balaban J connectivity index is 1.90. The number of aromatic nitrogens is 1. The molecule has 0 radical (unpaired) electrons. The molecule has 1 aromatic carbocycles. The Morgan fingerprint density at radius 2 is 2.25 bits per heavy atom. The lowest BCUT2D eigenvalue weighted by atomic mass is 10.2. The van der Waals surface area contributed by atoms with Crippen molar-refractivity contribution < 1.29 is 0 Å². The van der Waals surface area contributed by atoms with Crippen molar-refractivity contribution in [2.75, 3.05) is 0 Å². The molecule has 1 N–H and O–H groups in total. The number of thiazole rings is 1. The molecule has 5 heteroatoms. The Morgan fingerprint density at radius 1 is 1.38 bits per heavy atom. The maximum absolute atomic E-state index is 6.11. The summed E-state index contributed by atoms with van der Waals surface area (Å²) in [5, 5.41) is 7.16. The number of nitrogens with one attached hydrogen (secondary N) is 1. The summed E-state index contributed by atoms with van der Waals surface area (Å²) >= 11 is 11.1. The molecule has 2 rings (SSSR count). The van der Waals surface area contributed by atoms with Crippen molar-refractivity contribution >= 4 is 38.9 Å². The molecule has 1 aromatic heterocycles. The van der Waals surface area contributed by atoms with Gasteiger partial charge >= 0.3 is 0 Å². The van der Waals surface area contributed by atoms with Gasteiger partial charge in [-0.25, -0.2) is 4.98 Å². The first kappa shape index (κ1) is 12.0. The highest BCUT2D eigenvalue weighted by molar-refractivity contribution is 9.10. The summed E-state index contributed by atoms with van der Waals surface area (Å²) in [5.41, 5.74) is 1.10. The van der Waals surface area contributed by atoms with Gasteiger partial charge in [-0.2, -0.15) is 0 Å². The van der Waals surface area contributed by atoms with Crippen LogP contribution in [0.4, 0.5) is 0 Å². The lowest BCUT2D eigenvalue weighted by Gasteiger charge is -2.05. The fraction of sp³-hybridized carbons (Fsp3) is 0.182. The topological polar surface area (TPSA) is 24.9 Å². The van der Waals surface area contributed by atoms with Crippen LogP contribution in [0.3, 0.4) is 0 Å². The van der Waals surface area contributed by atoms with Crippen LogP contribution in [0.2, 0.25) is 5.02 Å². The summed E-state index contributed by atoms with van der Waals surface area (Å²) in [4.78, 5) is 4.20. The first-order valence-corrected chi connectivity index (χ1v) is 6.84. The predicted octanol–water partition coefficient (Wildman–Crippen LogP) is 3.85. The second-order valence-electron chi connectivity index (χ2n) is 3.27. The van der Waals surface area contributed by atoms with E-state index in [1.165, 1.54) is 0 Å². The molecule has 2 aromatic rings. The predicted molar refractivity (Wildman–Crippen MR) is 71.8 cm³/mol. The van der Waals surface area contributed by atoms with Crippen LogP contribution in [0.5, 0.6) is 0 Å². The van der Waals surface area contributed by atoms with Gasteiger partial charge in [0, 0.05) is 34.2 Å². The monoisotopic (exact) mass is 316 g/mol. The minimum atomic E-state index is 0.756. The molecule has 0 aliphatic carbocycles. The summed E-state index contributed by atoms with van der Waals surface area (Å²) in [6.45, 7) is 1.54. The zero-order chi connectivity index (χ0) is 11.4. The van der Waals surface area contributed by atoms with Gasteiger partial charge in [0.25, 0.3) is 0 Å². The molecule has 16 heavy (non-hydrogen) atoms. The third-order valence-corrected chi connectivity index (χ3v) is 3.71. The summed E-state index contributed by atoms with van der Waals surface area (Å²) in [5.74, 6) is 0. The third kappa shape index (κ3) is 3.28. The van der Waals surface area contributed by atoms with Crippen LogP contribution in [-0.4, -0.2) is 4.98 Å². The first-order valence-electron chi connectivity index (χ1n) is 4.79. The van der Waals surface area contributed by atoms with Gasteiger partial charge in [-0.05, 0) is 17.7 Å². The van der Waals surface area contributed by atoms with Crippen molar-refractivity contribution in [3.05, 3.63) is 49.8 Å². The van der Waals surface area contributed by atoms with Gasteiger partial charge in [0.2, 0.25) is 0 Å². The van der Waals surface area contributed by atoms with Gasteiger partial charge in [-0.1, -0.05) is 33.6 Å². The van der Waals surface area contributed by atoms with E-state index in [0.717, 1.165) is 33.2 Å². The maximum atomic E-state index is 6.11. The average Bonchev–Trinajstić information content (AvgIpc) is 2.74. The Hall–Kier alpha value is -0.420. The smallest absolute Gasteiger partial charge is 0.106 e. The van der Waals surface area contributed by atoms with Crippen LogP contribution in [-0.2, 0) is 13.1 Å². The van der Waals surface area contributed by atoms with Crippen molar-refractivity contribution in [2.24, 2.45) is 0 Å². The lowest BCUT2D eigenvalue weighted by Crippen LogP contribution is -2.12. The largest absolute Gasteiger partial charge is 0.306 e. The van der Waals surface area contributed by atoms with Gasteiger partial charge in [0.15, 0.2) is 0 Å². The minimum absolute atomic E-state index is 0.756. The molecule has 1 heterocycles. The van der Waals surface area contributed by atoms with Crippen LogP contribution in [0, 0.1) is 0 Å². The van der Waals surface area contributed by atoms with E-state index in [-0.39, 0.29) is 0 Å². The van der Waals surface area contributed by atoms with Gasteiger partial charge < -0.3 is 5.32 Å². The third-order valence-electron chi connectivity index (χ3n) is 2.09. The normalized spacial score (nSPS) is 10.6. The fourth-order valence-electron chi connectivity index (χ4n) is 1.31. The summed E-state index contributed by atoms with van der Waals surface area (Å²) in [6, 6.07) is 5.91. The molecule has 0 spiro atoms. The van der Waals surface area contributed by atoms with Gasteiger partial charge in [-0.15, -0.1) is 11.3 Å². The summed E-state index contributed by atoms with van der Waals surface area (Å²) in [7, 11) is 0. The van der Waals surface area contributed by atoms with Crippen molar-refractivity contribution in [1.82, 2.24) is 10.3 Å². The van der Waals surface area contributed by atoms with E-state index in [0.29, 0.717) is 0 Å². The summed E-state index contributed by atoms with van der Waals surface area (Å²) < 4.78 is 1.00. The molecular formula is C11H10BrClN2S. The molecule has 0 aliphatic rings. The molecular weight excluding hydrogens is 308 g/mol. The lowest BCUT2D eigenvalue weighted by molar-refractivity contribution is 0.690. The molecule has 0 bridgehead atoms. The van der Waals surface area contributed by atoms with Crippen molar-refractivity contribution in [1.29, 1.82) is 0 Å². The van der Waals surface area contributed by atoms with E-state index in [1.54, 1.807) is 11.3 Å². The van der Waals surface area contributed by atoms with Crippen LogP contribution in [0.25, 0.3) is 0 Å². The molecule has 0 amide bonds. The quantitative estimate of drug-likeness (QED) is 0.926. The SMILES string of the molecule is Clc1cc(Br)ccc1CNCc1nccs1. The molecule has 84 valence electrons. The van der Waals surface area contributed by atoms with E-state index in [1.807, 2.05) is 29.8 Å². The highest BCUT2D eigenvalue weighted by Gasteiger charge is 2.01. The molecule has 0 fully saturated rings. The zero-order valence-corrected chi connectivity index (χ0v) is 11.6. The number of rotatable bonds is 4. The Labute approximate surface area is 112 Å². The van der Waals surface area contributed by atoms with Crippen molar-refractivity contribution in [2.45, 2.75) is 13.1 Å². The van der Waals surface area contributed by atoms with Crippen LogP contribution in [0.15, 0.2) is 34.2 Å². The van der Waals surface area contributed by atoms with E-state index in [4.69, 9.17) is 11.6 Å². The second kappa shape index (κ2) is 5.77. The van der Waals surface area contributed by atoms with Gasteiger partial charge in [0.1, 0.15) is 5.01 Å². The van der Waals surface area contributed by atoms with E-state index < -0.39 is 0 Å². The fourth-order valence-corrected chi connectivity index (χ4v) is 2.64. The zero-order valence-electron chi connectivity index (χ0n) is 8.41. The van der Waals surface area contributed by atoms with E-state index >= 15 is 0 Å². The summed E-state index contributed by atoms with van der Waals surface area (Å²) in [6.07, 6.45) is 1.81. The molecule has 0 atom stereocenters. The second-order valence-corrected chi connectivity index (χ2v) is 5.57. The van der Waals surface area contributed by atoms with Crippen LogP contribution in [0.1, 0.15) is 10.6 Å². The molecule has 0 saturated carbocycles. The first-order chi connectivity index (χ1) is 7.75. The molecule has 2 nitrogen and oxygen atoms in total. The highest BCUT2D eigenvalue weighted by Crippen LogP contribution is 2.21. The van der Waals surface area contributed by atoms with Crippen LogP contribution >= 0.6 is 38.9 Å². The average molecular weight is 318 g/mol. The molecule has 0 unspecified atom stereocenters. The van der Waals surface area contributed by atoms with E-state index in [9.17, 15) is 0 Å². The number of hydrogen-bond donors (Lipinski definition) is 1. The highest BCUT2D eigenvalue weighted by atomic mass is 79.9. The number of nitrogens with zero attached hydrogens (tertiary/aromatic N) is 1. The molecule has 0 saturated heterocycles. The minimum Gasteiger partial charge on any atom is -0.306 e. The number of benzene rings is 1. The Morgan fingerprint density at radius 3 is 2.94 bits per heavy atom. The van der Waals surface area contributed by atoms with Gasteiger partial charge in [-0.3, -0.25) is 0 Å². The number of halogens is 2. The van der Waals surface area contributed by atoms with Crippen molar-refractivity contribution in [3.8, 4) is 0 Å².